The van der Waals surface area contributed by atoms with Crippen molar-refractivity contribution in [2.24, 2.45) is 0 Å². The summed E-state index contributed by atoms with van der Waals surface area (Å²) in [6.45, 7) is 2.67. The zero-order chi connectivity index (χ0) is 19.2. The standard InChI is InChI=1S/C21H18Cl2N2O2.BrH/c1-15-4-6-16(7-5-15)12-25-10-2-3-17(13-25)24-21(26)14-27-18-8-9-19(22)20(23)11-18;/h2-11,13H,12,14H2,1H3;1H. The number of ether oxygens (including phenoxy) is 1. The molecule has 28 heavy (non-hydrogen) atoms. The van der Waals surface area contributed by atoms with Crippen molar-refractivity contribution >= 4 is 34.8 Å². The van der Waals surface area contributed by atoms with Gasteiger partial charge in [0.2, 0.25) is 0 Å². The number of benzene rings is 2. The molecule has 0 unspecified atom stereocenters. The van der Waals surface area contributed by atoms with Crippen LogP contribution in [0, 0.1) is 6.92 Å². The Morgan fingerprint density at radius 1 is 1.07 bits per heavy atom. The molecule has 3 rings (SSSR count). The van der Waals surface area contributed by atoms with E-state index >= 15 is 0 Å². The van der Waals surface area contributed by atoms with E-state index in [9.17, 15) is 4.79 Å². The third-order valence-electron chi connectivity index (χ3n) is 3.89. The molecule has 0 fully saturated rings. The lowest BCUT2D eigenvalue weighted by Crippen LogP contribution is -3.00. The molecule has 1 heterocycles. The molecule has 2 aromatic carbocycles. The Kier molecular flexibility index (Phi) is 8.30. The van der Waals surface area contributed by atoms with Crippen LogP contribution < -0.4 is 31.6 Å². The number of carbonyl (C=O) groups excluding carboxylic acids is 1. The molecular weight excluding hydrogens is 463 g/mol. The van der Waals surface area contributed by atoms with Gasteiger partial charge in [0.05, 0.1) is 10.0 Å². The molecule has 0 aliphatic rings. The van der Waals surface area contributed by atoms with Gasteiger partial charge in [0.1, 0.15) is 11.4 Å². The molecule has 0 bridgehead atoms. The lowest BCUT2D eigenvalue weighted by Gasteiger charge is -2.08. The minimum atomic E-state index is -0.255. The Morgan fingerprint density at radius 2 is 1.82 bits per heavy atom. The minimum Gasteiger partial charge on any atom is -1.00 e. The Morgan fingerprint density at radius 3 is 2.54 bits per heavy atom. The van der Waals surface area contributed by atoms with E-state index in [2.05, 4.69) is 36.5 Å². The molecule has 7 heteroatoms. The van der Waals surface area contributed by atoms with Crippen molar-refractivity contribution < 1.29 is 31.1 Å². The summed E-state index contributed by atoms with van der Waals surface area (Å²) >= 11 is 11.8. The number of aromatic nitrogens is 1. The van der Waals surface area contributed by atoms with E-state index in [0.29, 0.717) is 21.5 Å². The highest BCUT2D eigenvalue weighted by Crippen LogP contribution is 2.26. The Labute approximate surface area is 184 Å². The van der Waals surface area contributed by atoms with Crippen LogP contribution in [0.1, 0.15) is 11.1 Å². The third kappa shape index (κ3) is 6.51. The third-order valence-corrected chi connectivity index (χ3v) is 4.63. The second-order valence-corrected chi connectivity index (χ2v) is 6.98. The van der Waals surface area contributed by atoms with E-state index in [0.717, 1.165) is 6.54 Å². The van der Waals surface area contributed by atoms with Gasteiger partial charge >= 0.3 is 0 Å². The molecule has 0 spiro atoms. The first-order valence-corrected chi connectivity index (χ1v) is 9.17. The molecule has 0 saturated carbocycles. The maximum atomic E-state index is 12.1. The van der Waals surface area contributed by atoms with Crippen LogP contribution >= 0.6 is 23.2 Å². The normalized spacial score (nSPS) is 10.1. The molecule has 0 aliphatic carbocycles. The lowest BCUT2D eigenvalue weighted by molar-refractivity contribution is -0.687. The number of hydrogen-bond acceptors (Lipinski definition) is 2. The summed E-state index contributed by atoms with van der Waals surface area (Å²) in [6.07, 6.45) is 3.85. The summed E-state index contributed by atoms with van der Waals surface area (Å²) in [5.74, 6) is 0.233. The van der Waals surface area contributed by atoms with Gasteiger partial charge in [-0.1, -0.05) is 53.0 Å². The van der Waals surface area contributed by atoms with E-state index in [4.69, 9.17) is 27.9 Å². The number of hydrogen-bond donors (Lipinski definition) is 1. The van der Waals surface area contributed by atoms with Crippen molar-refractivity contribution in [3.8, 4) is 5.75 Å². The van der Waals surface area contributed by atoms with Crippen molar-refractivity contribution in [1.82, 2.24) is 0 Å². The van der Waals surface area contributed by atoms with Crippen molar-refractivity contribution in [3.05, 3.63) is 88.2 Å². The van der Waals surface area contributed by atoms with Crippen LogP contribution in [-0.2, 0) is 11.3 Å². The fraction of sp³-hybridized carbons (Fsp3) is 0.143. The molecule has 0 aliphatic heterocycles. The van der Waals surface area contributed by atoms with E-state index in [-0.39, 0.29) is 29.5 Å². The number of carbonyl (C=O) groups is 1. The van der Waals surface area contributed by atoms with E-state index in [1.807, 2.05) is 29.1 Å². The van der Waals surface area contributed by atoms with E-state index in [1.165, 1.54) is 11.1 Å². The van der Waals surface area contributed by atoms with Gasteiger partial charge in [-0.2, -0.15) is 4.57 Å². The largest absolute Gasteiger partial charge is 1.00 e. The van der Waals surface area contributed by atoms with E-state index in [1.54, 1.807) is 18.2 Å². The van der Waals surface area contributed by atoms with Crippen molar-refractivity contribution in [2.45, 2.75) is 13.5 Å². The predicted octanol–water partition coefficient (Wildman–Crippen LogP) is 1.66. The first-order chi connectivity index (χ1) is 13.0. The molecular formula is C21H19BrCl2N2O2. The number of aryl methyl sites for hydroxylation is 1. The monoisotopic (exact) mass is 480 g/mol. The van der Waals surface area contributed by atoms with E-state index < -0.39 is 0 Å². The number of pyridine rings is 1. The Balaban J connectivity index is 0.00000280. The molecule has 146 valence electrons. The number of nitrogens with zero attached hydrogens (tertiary/aromatic N) is 1. The summed E-state index contributed by atoms with van der Waals surface area (Å²) in [6, 6.07) is 17.0. The molecule has 0 radical (unpaired) electrons. The van der Waals surface area contributed by atoms with Gasteiger partial charge < -0.3 is 27.0 Å². The topological polar surface area (TPSA) is 42.2 Å². The van der Waals surface area contributed by atoms with Gasteiger partial charge in [-0.25, -0.2) is 0 Å². The van der Waals surface area contributed by atoms with Crippen LogP contribution in [0.15, 0.2) is 67.0 Å². The zero-order valence-corrected chi connectivity index (χ0v) is 18.3. The molecule has 3 aromatic rings. The number of anilines is 1. The Hall–Kier alpha value is -2.08. The van der Waals surface area contributed by atoms with Crippen molar-refractivity contribution in [1.29, 1.82) is 0 Å². The number of rotatable bonds is 6. The average molecular weight is 482 g/mol. The summed E-state index contributed by atoms with van der Waals surface area (Å²) in [5.41, 5.74) is 3.12. The molecule has 0 saturated heterocycles. The SMILES string of the molecule is Cc1ccc(C[n+]2cccc(NC(=O)COc3ccc(Cl)c(Cl)c3)c2)cc1.[Br-]. The molecule has 1 amide bonds. The molecule has 1 N–H and O–H groups in total. The van der Waals surface area contributed by atoms with Crippen LogP contribution in [0.2, 0.25) is 10.0 Å². The molecule has 1 aromatic heterocycles. The second-order valence-electron chi connectivity index (χ2n) is 6.16. The zero-order valence-electron chi connectivity index (χ0n) is 15.2. The van der Waals surface area contributed by atoms with Crippen LogP contribution in [0.3, 0.4) is 0 Å². The summed E-state index contributed by atoms with van der Waals surface area (Å²) in [4.78, 5) is 12.1. The fourth-order valence-electron chi connectivity index (χ4n) is 2.51. The van der Waals surface area contributed by atoms with Gasteiger partial charge in [-0.15, -0.1) is 0 Å². The highest BCUT2D eigenvalue weighted by Gasteiger charge is 2.09. The van der Waals surface area contributed by atoms with Crippen LogP contribution in [0.25, 0.3) is 0 Å². The highest BCUT2D eigenvalue weighted by molar-refractivity contribution is 6.42. The second kappa shape index (κ2) is 10.5. The summed E-state index contributed by atoms with van der Waals surface area (Å²) in [5, 5.41) is 3.65. The highest BCUT2D eigenvalue weighted by atomic mass is 79.9. The van der Waals surface area contributed by atoms with Gasteiger partial charge in [0.25, 0.3) is 5.91 Å². The van der Waals surface area contributed by atoms with Crippen molar-refractivity contribution in [2.75, 3.05) is 11.9 Å². The van der Waals surface area contributed by atoms with Crippen LogP contribution in [-0.4, -0.2) is 12.5 Å². The first kappa shape index (κ1) is 22.2. The van der Waals surface area contributed by atoms with Gasteiger partial charge in [-0.3, -0.25) is 4.79 Å². The van der Waals surface area contributed by atoms with Gasteiger partial charge in [0, 0.05) is 17.7 Å². The number of amides is 1. The molecule has 4 nitrogen and oxygen atoms in total. The quantitative estimate of drug-likeness (QED) is 0.544. The number of halogens is 3. The maximum absolute atomic E-state index is 12.1. The van der Waals surface area contributed by atoms with Crippen LogP contribution in [0.5, 0.6) is 5.75 Å². The molecule has 0 atom stereocenters. The van der Waals surface area contributed by atoms with Gasteiger partial charge in [-0.05, 0) is 25.1 Å². The van der Waals surface area contributed by atoms with Crippen LogP contribution in [0.4, 0.5) is 5.69 Å². The Bertz CT molecular complexity index is 949. The number of nitrogens with one attached hydrogen (secondary N) is 1. The lowest BCUT2D eigenvalue weighted by atomic mass is 10.1. The summed E-state index contributed by atoms with van der Waals surface area (Å²) < 4.78 is 7.46. The van der Waals surface area contributed by atoms with Gasteiger partial charge in [0.15, 0.2) is 25.5 Å². The first-order valence-electron chi connectivity index (χ1n) is 8.42. The summed E-state index contributed by atoms with van der Waals surface area (Å²) in [7, 11) is 0. The predicted molar refractivity (Wildman–Crippen MR) is 108 cm³/mol. The maximum Gasteiger partial charge on any atom is 0.262 e. The minimum absolute atomic E-state index is 0. The average Bonchev–Trinajstić information content (AvgIpc) is 2.65. The smallest absolute Gasteiger partial charge is 0.262 e. The fourth-order valence-corrected chi connectivity index (χ4v) is 2.80. The van der Waals surface area contributed by atoms with Crippen molar-refractivity contribution in [3.63, 3.8) is 0 Å².